The highest BCUT2D eigenvalue weighted by atomic mass is 19.4. The van der Waals surface area contributed by atoms with Crippen molar-refractivity contribution in [1.82, 2.24) is 4.57 Å². The molecule has 0 saturated heterocycles. The number of anilines is 1. The van der Waals surface area contributed by atoms with Crippen LogP contribution in [0.2, 0.25) is 0 Å². The van der Waals surface area contributed by atoms with Gasteiger partial charge in [0.2, 0.25) is 0 Å². The van der Waals surface area contributed by atoms with Crippen LogP contribution in [0.15, 0.2) is 72.4 Å². The number of amides is 1. The van der Waals surface area contributed by atoms with Gasteiger partial charge in [-0.2, -0.15) is 18.4 Å². The lowest BCUT2D eigenvalue weighted by Gasteiger charge is -2.10. The summed E-state index contributed by atoms with van der Waals surface area (Å²) in [6.45, 7) is 0. The van der Waals surface area contributed by atoms with Crippen LogP contribution < -0.4 is 5.32 Å². The number of hydrogen-bond donors (Lipinski definition) is 1. The van der Waals surface area contributed by atoms with Crippen LogP contribution in [0.3, 0.4) is 0 Å². The highest BCUT2D eigenvalue weighted by molar-refractivity contribution is 6.09. The zero-order chi connectivity index (χ0) is 21.0. The molecule has 29 heavy (non-hydrogen) atoms. The van der Waals surface area contributed by atoms with Crippen LogP contribution >= 0.6 is 0 Å². The fraction of sp³-hybridized carbons (Fsp3) is 0.0476. The Morgan fingerprint density at radius 2 is 1.79 bits per heavy atom. The van der Waals surface area contributed by atoms with Gasteiger partial charge in [0, 0.05) is 23.3 Å². The van der Waals surface area contributed by atoms with Crippen LogP contribution in [-0.4, -0.2) is 10.5 Å². The lowest BCUT2D eigenvalue weighted by molar-refractivity contribution is -0.137. The van der Waals surface area contributed by atoms with Gasteiger partial charge in [0.25, 0.3) is 5.91 Å². The molecule has 0 spiro atoms. The molecule has 0 atom stereocenters. The van der Waals surface area contributed by atoms with Gasteiger partial charge in [0.15, 0.2) is 0 Å². The monoisotopic (exact) mass is 399 g/mol. The van der Waals surface area contributed by atoms with Crippen molar-refractivity contribution in [3.05, 3.63) is 89.5 Å². The van der Waals surface area contributed by atoms with E-state index in [1.54, 1.807) is 29.0 Å². The summed E-state index contributed by atoms with van der Waals surface area (Å²) in [7, 11) is 0. The number of nitrogens with zero attached hydrogens (tertiary/aromatic N) is 2. The number of alkyl halides is 3. The smallest absolute Gasteiger partial charge is 0.321 e. The van der Waals surface area contributed by atoms with Crippen molar-refractivity contribution in [3.8, 4) is 11.8 Å². The van der Waals surface area contributed by atoms with Crippen molar-refractivity contribution in [1.29, 1.82) is 5.26 Å². The predicted octanol–water partition coefficient (Wildman–Crippen LogP) is 5.18. The van der Waals surface area contributed by atoms with Crippen molar-refractivity contribution in [2.45, 2.75) is 6.18 Å². The molecule has 4 nitrogen and oxygen atoms in total. The van der Waals surface area contributed by atoms with Gasteiger partial charge in [-0.05, 0) is 60.7 Å². The van der Waals surface area contributed by atoms with Gasteiger partial charge in [-0.3, -0.25) is 4.79 Å². The van der Waals surface area contributed by atoms with E-state index in [1.807, 2.05) is 0 Å². The number of rotatable bonds is 4. The zero-order valence-corrected chi connectivity index (χ0v) is 14.7. The largest absolute Gasteiger partial charge is 0.416 e. The lowest BCUT2D eigenvalue weighted by atomic mass is 10.1. The number of hydrogen-bond acceptors (Lipinski definition) is 2. The zero-order valence-electron chi connectivity index (χ0n) is 14.7. The first-order chi connectivity index (χ1) is 13.8. The molecule has 2 aromatic carbocycles. The second kappa shape index (κ2) is 8.02. The molecule has 8 heteroatoms. The predicted molar refractivity (Wildman–Crippen MR) is 99.4 cm³/mol. The normalized spacial score (nSPS) is 11.8. The van der Waals surface area contributed by atoms with E-state index in [1.165, 1.54) is 36.4 Å². The Morgan fingerprint density at radius 3 is 2.45 bits per heavy atom. The maximum Gasteiger partial charge on any atom is 0.416 e. The molecule has 1 amide bonds. The number of nitrogens with one attached hydrogen (secondary N) is 1. The molecule has 1 N–H and O–H groups in total. The topological polar surface area (TPSA) is 57.8 Å². The van der Waals surface area contributed by atoms with Crippen LogP contribution in [0.1, 0.15) is 11.3 Å². The first-order valence-corrected chi connectivity index (χ1v) is 8.31. The van der Waals surface area contributed by atoms with Gasteiger partial charge >= 0.3 is 6.18 Å². The van der Waals surface area contributed by atoms with Crippen LogP contribution in [0.25, 0.3) is 11.8 Å². The molecule has 0 aliphatic heterocycles. The Hall–Kier alpha value is -3.86. The minimum atomic E-state index is -4.55. The number of carbonyl (C=O) groups excluding carboxylic acids is 1. The van der Waals surface area contributed by atoms with Gasteiger partial charge in [-0.1, -0.05) is 6.07 Å². The van der Waals surface area contributed by atoms with Crippen LogP contribution in [-0.2, 0) is 11.0 Å². The molecular formula is C21H13F4N3O. The maximum absolute atomic E-state index is 13.1. The summed E-state index contributed by atoms with van der Waals surface area (Å²) in [5.41, 5.74) is -0.224. The molecule has 0 radical (unpaired) electrons. The average Bonchev–Trinajstić information content (AvgIpc) is 3.14. The third-order valence-corrected chi connectivity index (χ3v) is 3.99. The first kappa shape index (κ1) is 19.9. The minimum Gasteiger partial charge on any atom is -0.321 e. The summed E-state index contributed by atoms with van der Waals surface area (Å²) >= 11 is 0. The molecule has 0 fully saturated rings. The van der Waals surface area contributed by atoms with E-state index in [0.717, 1.165) is 18.2 Å². The third-order valence-electron chi connectivity index (χ3n) is 3.99. The van der Waals surface area contributed by atoms with Crippen molar-refractivity contribution < 1.29 is 22.4 Å². The number of benzene rings is 2. The maximum atomic E-state index is 13.1. The Balaban J connectivity index is 1.86. The minimum absolute atomic E-state index is 0.0834. The quantitative estimate of drug-likeness (QED) is 0.373. The first-order valence-electron chi connectivity index (χ1n) is 8.31. The Labute approximate surface area is 163 Å². The van der Waals surface area contributed by atoms with Crippen molar-refractivity contribution in [2.75, 3.05) is 5.32 Å². The molecule has 146 valence electrons. The fourth-order valence-electron chi connectivity index (χ4n) is 2.62. The van der Waals surface area contributed by atoms with E-state index in [4.69, 9.17) is 0 Å². The van der Waals surface area contributed by atoms with E-state index >= 15 is 0 Å². The number of halogens is 4. The third kappa shape index (κ3) is 4.71. The van der Waals surface area contributed by atoms with Gasteiger partial charge in [0.05, 0.1) is 5.56 Å². The SMILES string of the molecule is N#C/C(=C/c1cccn1-c1ccc(F)cc1)C(=O)Nc1cccc(C(F)(F)F)c1. The molecular weight excluding hydrogens is 386 g/mol. The van der Waals surface area contributed by atoms with Gasteiger partial charge in [0.1, 0.15) is 17.5 Å². The number of aromatic nitrogens is 1. The Morgan fingerprint density at radius 1 is 1.07 bits per heavy atom. The number of nitriles is 1. The molecule has 3 aromatic rings. The summed E-state index contributed by atoms with van der Waals surface area (Å²) < 4.78 is 53.2. The molecule has 0 unspecified atom stereocenters. The molecule has 0 aliphatic rings. The van der Waals surface area contributed by atoms with E-state index in [0.29, 0.717) is 11.4 Å². The van der Waals surface area contributed by atoms with Crippen molar-refractivity contribution >= 4 is 17.7 Å². The number of carbonyl (C=O) groups is 1. The molecule has 3 rings (SSSR count). The standard InChI is InChI=1S/C21H13F4N3O/c22-16-6-8-18(9-7-16)28-10-2-5-19(28)11-14(13-26)20(29)27-17-4-1-3-15(12-17)21(23,24)25/h1-12H,(H,27,29)/b14-11-. The van der Waals surface area contributed by atoms with Crippen LogP contribution in [0.4, 0.5) is 23.2 Å². The van der Waals surface area contributed by atoms with E-state index in [2.05, 4.69) is 5.32 Å². The second-order valence-electron chi connectivity index (χ2n) is 5.98. The molecule has 0 bridgehead atoms. The van der Waals surface area contributed by atoms with Crippen LogP contribution in [0, 0.1) is 17.1 Å². The van der Waals surface area contributed by atoms with Gasteiger partial charge in [-0.25, -0.2) is 4.39 Å². The fourth-order valence-corrected chi connectivity index (χ4v) is 2.62. The van der Waals surface area contributed by atoms with Crippen LogP contribution in [0.5, 0.6) is 0 Å². The summed E-state index contributed by atoms with van der Waals surface area (Å²) in [5.74, 6) is -1.25. The molecule has 1 aromatic heterocycles. The average molecular weight is 399 g/mol. The summed E-state index contributed by atoms with van der Waals surface area (Å²) in [4.78, 5) is 12.4. The van der Waals surface area contributed by atoms with E-state index < -0.39 is 23.5 Å². The molecule has 1 heterocycles. The van der Waals surface area contributed by atoms with E-state index in [-0.39, 0.29) is 11.3 Å². The summed E-state index contributed by atoms with van der Waals surface area (Å²) in [6.07, 6.45) is -1.59. The highest BCUT2D eigenvalue weighted by Gasteiger charge is 2.30. The van der Waals surface area contributed by atoms with Crippen molar-refractivity contribution in [3.63, 3.8) is 0 Å². The Kier molecular flexibility index (Phi) is 5.50. The Bertz CT molecular complexity index is 1110. The van der Waals surface area contributed by atoms with Gasteiger partial charge in [-0.15, -0.1) is 0 Å². The van der Waals surface area contributed by atoms with E-state index in [9.17, 15) is 27.6 Å². The second-order valence-corrected chi connectivity index (χ2v) is 5.98. The van der Waals surface area contributed by atoms with Crippen molar-refractivity contribution in [2.24, 2.45) is 0 Å². The summed E-state index contributed by atoms with van der Waals surface area (Å²) in [6, 6.07) is 14.8. The summed E-state index contributed by atoms with van der Waals surface area (Å²) in [5, 5.41) is 11.6. The molecule has 0 saturated carbocycles. The van der Waals surface area contributed by atoms with Gasteiger partial charge < -0.3 is 9.88 Å². The molecule has 0 aliphatic carbocycles. The highest BCUT2D eigenvalue weighted by Crippen LogP contribution is 2.30. The lowest BCUT2D eigenvalue weighted by Crippen LogP contribution is -2.14.